The van der Waals surface area contributed by atoms with E-state index in [0.717, 1.165) is 16.5 Å². The van der Waals surface area contributed by atoms with Gasteiger partial charge in [-0.25, -0.2) is 22.2 Å². The van der Waals surface area contributed by atoms with Crippen LogP contribution >= 0.6 is 0 Å². The Kier molecular flexibility index (Phi) is 5.78. The number of anilines is 1. The van der Waals surface area contributed by atoms with Gasteiger partial charge in [0.1, 0.15) is 0 Å². The van der Waals surface area contributed by atoms with Crippen molar-refractivity contribution in [1.82, 2.24) is 8.96 Å². The highest BCUT2D eigenvalue weighted by Crippen LogP contribution is 2.32. The van der Waals surface area contributed by atoms with Gasteiger partial charge < -0.3 is 4.74 Å². The van der Waals surface area contributed by atoms with Gasteiger partial charge in [0.25, 0.3) is 10.0 Å². The largest absolute Gasteiger partial charge is 0.419 e. The number of nitrogens with zero attached hydrogens (tertiary/aromatic N) is 3. The van der Waals surface area contributed by atoms with Gasteiger partial charge in [-0.05, 0) is 61.4 Å². The molecular weight excluding hydrogens is 438 g/mol. The maximum absolute atomic E-state index is 13.3. The van der Waals surface area contributed by atoms with E-state index in [1.54, 1.807) is 69.6 Å². The highest BCUT2D eigenvalue weighted by atomic mass is 32.2. The lowest BCUT2D eigenvalue weighted by Crippen LogP contribution is -2.26. The molecule has 0 saturated heterocycles. The second-order valence-electron chi connectivity index (χ2n) is 7.64. The SMILES string of the molecule is C=C(C)OC(=O)N(C)c1ccc(-c2ccnc3c2cc(C)n3S(=O)(=O)c2ccccc2)cc1. The van der Waals surface area contributed by atoms with Crippen LogP contribution in [-0.4, -0.2) is 30.5 Å². The van der Waals surface area contributed by atoms with E-state index in [0.29, 0.717) is 22.8 Å². The van der Waals surface area contributed by atoms with E-state index < -0.39 is 16.1 Å². The molecule has 2 aromatic heterocycles. The monoisotopic (exact) mass is 461 g/mol. The van der Waals surface area contributed by atoms with Crippen LogP contribution in [0, 0.1) is 6.92 Å². The van der Waals surface area contributed by atoms with Gasteiger partial charge in [-0.15, -0.1) is 0 Å². The molecule has 0 saturated carbocycles. The number of carbonyl (C=O) groups excluding carboxylic acids is 1. The standard InChI is InChI=1S/C25H23N3O4S/c1-17(2)32-25(29)27(4)20-12-10-19(11-13-20)22-14-15-26-24-23(22)16-18(3)28(24)33(30,31)21-8-6-5-7-9-21/h5-16H,1H2,2-4H3. The second kappa shape index (κ2) is 8.55. The molecule has 8 heteroatoms. The fraction of sp³-hybridized carbons (Fsp3) is 0.120. The van der Waals surface area contributed by atoms with E-state index in [1.807, 2.05) is 24.3 Å². The molecule has 7 nitrogen and oxygen atoms in total. The summed E-state index contributed by atoms with van der Waals surface area (Å²) in [5.74, 6) is 0.313. The minimum atomic E-state index is -3.80. The smallest absolute Gasteiger partial charge is 0.415 e. The molecule has 0 aliphatic carbocycles. The van der Waals surface area contributed by atoms with E-state index in [1.165, 1.54) is 8.87 Å². The molecule has 0 unspecified atom stereocenters. The van der Waals surface area contributed by atoms with Gasteiger partial charge >= 0.3 is 6.09 Å². The van der Waals surface area contributed by atoms with Gasteiger partial charge in [-0.2, -0.15) is 0 Å². The number of allylic oxidation sites excluding steroid dienone is 1. The Labute approximate surface area is 192 Å². The number of ether oxygens (including phenoxy) is 1. The molecule has 0 spiro atoms. The molecule has 0 N–H and O–H groups in total. The fourth-order valence-electron chi connectivity index (χ4n) is 3.64. The Morgan fingerprint density at radius 3 is 2.36 bits per heavy atom. The molecule has 2 aromatic carbocycles. The third-order valence-electron chi connectivity index (χ3n) is 5.22. The van der Waals surface area contributed by atoms with Crippen molar-refractivity contribution in [2.24, 2.45) is 0 Å². The number of benzene rings is 2. The van der Waals surface area contributed by atoms with Crippen LogP contribution in [0.25, 0.3) is 22.2 Å². The topological polar surface area (TPSA) is 81.5 Å². The Balaban J connectivity index is 1.76. The number of hydrogen-bond acceptors (Lipinski definition) is 5. The summed E-state index contributed by atoms with van der Waals surface area (Å²) in [7, 11) is -2.19. The van der Waals surface area contributed by atoms with Crippen LogP contribution in [0.3, 0.4) is 0 Å². The first-order valence-corrected chi connectivity index (χ1v) is 11.6. The zero-order chi connectivity index (χ0) is 23.8. The van der Waals surface area contributed by atoms with E-state index in [-0.39, 0.29) is 4.90 Å². The lowest BCUT2D eigenvalue weighted by Gasteiger charge is -2.17. The molecule has 1 amide bonds. The predicted molar refractivity (Wildman–Crippen MR) is 129 cm³/mol. The van der Waals surface area contributed by atoms with E-state index in [4.69, 9.17) is 4.74 Å². The number of hydrogen-bond donors (Lipinski definition) is 0. The summed E-state index contributed by atoms with van der Waals surface area (Å²) in [5, 5.41) is 0.720. The Bertz CT molecular complexity index is 1460. The number of aromatic nitrogens is 2. The lowest BCUT2D eigenvalue weighted by atomic mass is 10.0. The summed E-state index contributed by atoms with van der Waals surface area (Å²) in [6, 6.07) is 19.3. The van der Waals surface area contributed by atoms with Gasteiger partial charge in [0.2, 0.25) is 0 Å². The van der Waals surface area contributed by atoms with Crippen LogP contribution in [0.2, 0.25) is 0 Å². The van der Waals surface area contributed by atoms with Crippen LogP contribution in [-0.2, 0) is 14.8 Å². The van der Waals surface area contributed by atoms with Crippen LogP contribution < -0.4 is 4.90 Å². The van der Waals surface area contributed by atoms with E-state index in [2.05, 4.69) is 11.6 Å². The highest BCUT2D eigenvalue weighted by molar-refractivity contribution is 7.90. The second-order valence-corrected chi connectivity index (χ2v) is 9.43. The normalized spacial score (nSPS) is 11.4. The van der Waals surface area contributed by atoms with E-state index >= 15 is 0 Å². The molecule has 4 aromatic rings. The van der Waals surface area contributed by atoms with Crippen LogP contribution in [0.4, 0.5) is 10.5 Å². The van der Waals surface area contributed by atoms with Crippen molar-refractivity contribution in [3.05, 3.63) is 91.0 Å². The van der Waals surface area contributed by atoms with Crippen molar-refractivity contribution in [3.8, 4) is 11.1 Å². The summed E-state index contributed by atoms with van der Waals surface area (Å²) in [5.41, 5.74) is 3.27. The van der Waals surface area contributed by atoms with Crippen molar-refractivity contribution in [3.63, 3.8) is 0 Å². The molecule has 2 heterocycles. The summed E-state index contributed by atoms with van der Waals surface area (Å²) in [6.45, 7) is 6.93. The molecule has 0 bridgehead atoms. The van der Waals surface area contributed by atoms with Crippen molar-refractivity contribution in [2.45, 2.75) is 18.7 Å². The predicted octanol–water partition coefficient (Wildman–Crippen LogP) is 5.36. The molecule has 0 atom stereocenters. The number of carbonyl (C=O) groups is 1. The van der Waals surface area contributed by atoms with Gasteiger partial charge in [0, 0.05) is 30.0 Å². The minimum Gasteiger partial charge on any atom is -0.415 e. The summed E-state index contributed by atoms with van der Waals surface area (Å²) in [4.78, 5) is 18.1. The van der Waals surface area contributed by atoms with Crippen molar-refractivity contribution >= 4 is 32.8 Å². The molecule has 0 radical (unpaired) electrons. The molecule has 0 aliphatic heterocycles. The van der Waals surface area contributed by atoms with Gasteiger partial charge in [0.05, 0.1) is 10.7 Å². The number of pyridine rings is 1. The van der Waals surface area contributed by atoms with Crippen molar-refractivity contribution in [2.75, 3.05) is 11.9 Å². The number of rotatable bonds is 5. The number of fused-ring (bicyclic) bond motifs is 1. The molecule has 0 fully saturated rings. The summed E-state index contributed by atoms with van der Waals surface area (Å²) < 4.78 is 32.9. The molecule has 4 rings (SSSR count). The lowest BCUT2D eigenvalue weighted by molar-refractivity contribution is 0.186. The van der Waals surface area contributed by atoms with Gasteiger partial charge in [-0.1, -0.05) is 36.9 Å². The molecule has 168 valence electrons. The maximum Gasteiger partial charge on any atom is 0.419 e. The first-order chi connectivity index (χ1) is 15.7. The average Bonchev–Trinajstić information content (AvgIpc) is 3.15. The first-order valence-electron chi connectivity index (χ1n) is 10.2. The molecule has 33 heavy (non-hydrogen) atoms. The number of aryl methyl sites for hydroxylation is 1. The first kappa shape index (κ1) is 22.3. The summed E-state index contributed by atoms with van der Waals surface area (Å²) in [6.07, 6.45) is 1.07. The zero-order valence-electron chi connectivity index (χ0n) is 18.5. The Morgan fingerprint density at radius 1 is 1.06 bits per heavy atom. The fourth-order valence-corrected chi connectivity index (χ4v) is 5.16. The van der Waals surface area contributed by atoms with Gasteiger partial charge in [-0.3, -0.25) is 4.90 Å². The zero-order valence-corrected chi connectivity index (χ0v) is 19.3. The third-order valence-corrected chi connectivity index (χ3v) is 7.03. The maximum atomic E-state index is 13.3. The third kappa shape index (κ3) is 4.12. The number of amides is 1. The highest BCUT2D eigenvalue weighted by Gasteiger charge is 2.23. The Morgan fingerprint density at radius 2 is 1.73 bits per heavy atom. The average molecular weight is 462 g/mol. The quantitative estimate of drug-likeness (QED) is 0.374. The van der Waals surface area contributed by atoms with Crippen LogP contribution in [0.15, 0.2) is 90.2 Å². The van der Waals surface area contributed by atoms with Crippen LogP contribution in [0.5, 0.6) is 0 Å². The van der Waals surface area contributed by atoms with E-state index in [9.17, 15) is 13.2 Å². The van der Waals surface area contributed by atoms with Crippen molar-refractivity contribution < 1.29 is 17.9 Å². The van der Waals surface area contributed by atoms with Crippen LogP contribution in [0.1, 0.15) is 12.6 Å². The summed E-state index contributed by atoms with van der Waals surface area (Å²) >= 11 is 0. The Hall–Kier alpha value is -3.91. The molecular formula is C25H23N3O4S. The minimum absolute atomic E-state index is 0.201. The van der Waals surface area contributed by atoms with Crippen molar-refractivity contribution in [1.29, 1.82) is 0 Å². The van der Waals surface area contributed by atoms with Gasteiger partial charge in [0.15, 0.2) is 5.65 Å². The molecule has 0 aliphatic rings.